The second kappa shape index (κ2) is 24.2. The van der Waals surface area contributed by atoms with Crippen molar-refractivity contribution in [3.63, 3.8) is 0 Å². The minimum absolute atomic E-state index is 0.120. The maximum absolute atomic E-state index is 14.4. The highest BCUT2D eigenvalue weighted by Crippen LogP contribution is 2.35. The number of nitrogens with one attached hydrogen (secondary N) is 5. The topological polar surface area (TPSA) is 214 Å². The van der Waals surface area contributed by atoms with Gasteiger partial charge in [-0.1, -0.05) is 34.6 Å². The molecule has 0 aromatic heterocycles. The summed E-state index contributed by atoms with van der Waals surface area (Å²) < 4.78 is 0. The molecular weight excluding hydrogens is 731 g/mol. The highest BCUT2D eigenvalue weighted by atomic mass is 16.2. The molecule has 3 fully saturated rings. The molecule has 324 valence electrons. The highest BCUT2D eigenvalue weighted by molar-refractivity contribution is 5.98. The van der Waals surface area contributed by atoms with E-state index >= 15 is 0 Å². The standard InChI is InChI=1S/C40H73N11O6/c1-8-31-38(55)47-36-29(25-43-34(52)18-15-27(6)50(22-20-48(9-2)10-3)23-21-49(11-4)12-5)24-30-16-17-33(51(30)40(36)57)39(56)46-32(14-13-19-42-28(7)41)37(54)44-26-35(53)45-31/h27,29-33,36H,8-26H2,1-7H3,(H2,41,42)(H,43,52)(H,44,54)(H,45,53)(H,46,56)(H,47,55)/t27-,29+,30+,31+,32+,33+,36-/m1/s1. The maximum atomic E-state index is 14.4. The Bertz CT molecular complexity index is 1350. The first-order chi connectivity index (χ1) is 27.3. The van der Waals surface area contributed by atoms with Crippen LogP contribution in [0.3, 0.4) is 0 Å². The van der Waals surface area contributed by atoms with Gasteiger partial charge in [0.2, 0.25) is 35.4 Å². The van der Waals surface area contributed by atoms with E-state index in [-0.39, 0.29) is 37.4 Å². The molecule has 6 amide bonds. The molecule has 57 heavy (non-hydrogen) atoms. The smallest absolute Gasteiger partial charge is 0.246 e. The number of piperidine rings is 1. The van der Waals surface area contributed by atoms with Crippen molar-refractivity contribution in [2.75, 3.05) is 72.0 Å². The number of carbonyl (C=O) groups is 6. The quantitative estimate of drug-likeness (QED) is 0.0511. The largest absolute Gasteiger partial charge is 0.388 e. The van der Waals surface area contributed by atoms with Gasteiger partial charge in [0.15, 0.2) is 0 Å². The Balaban J connectivity index is 1.75. The van der Waals surface area contributed by atoms with Gasteiger partial charge >= 0.3 is 0 Å². The number of aliphatic imine (C=N–C) groups is 1. The van der Waals surface area contributed by atoms with Crippen molar-refractivity contribution in [2.24, 2.45) is 16.6 Å². The van der Waals surface area contributed by atoms with Crippen LogP contribution in [0.1, 0.15) is 99.8 Å². The number of nitrogens with two attached hydrogens (primary N) is 1. The first kappa shape index (κ1) is 47.5. The lowest BCUT2D eigenvalue weighted by Crippen LogP contribution is -2.65. The molecule has 7 atom stereocenters. The van der Waals surface area contributed by atoms with Gasteiger partial charge in [0.05, 0.1) is 12.4 Å². The molecule has 0 spiro atoms. The van der Waals surface area contributed by atoms with E-state index in [1.54, 1.807) is 18.7 Å². The summed E-state index contributed by atoms with van der Waals surface area (Å²) >= 11 is 0. The molecule has 0 radical (unpaired) electrons. The number of fused-ring (bicyclic) bond motifs is 1. The van der Waals surface area contributed by atoms with Gasteiger partial charge in [0.1, 0.15) is 24.2 Å². The summed E-state index contributed by atoms with van der Waals surface area (Å²) in [6.45, 7) is 22.2. The third kappa shape index (κ3) is 14.5. The van der Waals surface area contributed by atoms with Gasteiger partial charge in [-0.15, -0.1) is 0 Å². The molecular formula is C40H73N11O6. The summed E-state index contributed by atoms with van der Waals surface area (Å²) in [5.41, 5.74) is 5.66. The Labute approximate surface area is 340 Å². The zero-order valence-corrected chi connectivity index (χ0v) is 35.7. The third-order valence-electron chi connectivity index (χ3n) is 12.0. The van der Waals surface area contributed by atoms with Crippen LogP contribution < -0.4 is 32.3 Å². The average Bonchev–Trinajstić information content (AvgIpc) is 3.63. The van der Waals surface area contributed by atoms with Crippen LogP contribution in [0.5, 0.6) is 0 Å². The van der Waals surface area contributed by atoms with Gasteiger partial charge in [0, 0.05) is 63.7 Å². The van der Waals surface area contributed by atoms with E-state index in [4.69, 9.17) is 5.73 Å². The monoisotopic (exact) mass is 804 g/mol. The van der Waals surface area contributed by atoms with Crippen molar-refractivity contribution in [2.45, 2.75) is 136 Å². The number of rotatable bonds is 21. The number of amides is 6. The van der Waals surface area contributed by atoms with E-state index in [0.29, 0.717) is 50.9 Å². The highest BCUT2D eigenvalue weighted by Gasteiger charge is 2.50. The van der Waals surface area contributed by atoms with E-state index in [9.17, 15) is 28.8 Å². The molecule has 0 aromatic carbocycles. The van der Waals surface area contributed by atoms with Crippen LogP contribution in [-0.4, -0.2) is 169 Å². The van der Waals surface area contributed by atoms with Crippen LogP contribution in [-0.2, 0) is 28.8 Å². The summed E-state index contributed by atoms with van der Waals surface area (Å²) in [4.78, 5) is 94.4. The summed E-state index contributed by atoms with van der Waals surface area (Å²) in [6.07, 6.45) is 3.35. The second-order valence-electron chi connectivity index (χ2n) is 15.7. The van der Waals surface area contributed by atoms with Crippen molar-refractivity contribution < 1.29 is 28.8 Å². The molecule has 3 aliphatic heterocycles. The fourth-order valence-electron chi connectivity index (χ4n) is 8.19. The number of hydrogen-bond acceptors (Lipinski definition) is 10. The average molecular weight is 804 g/mol. The first-order valence-electron chi connectivity index (χ1n) is 21.5. The van der Waals surface area contributed by atoms with Crippen LogP contribution >= 0.6 is 0 Å². The summed E-state index contributed by atoms with van der Waals surface area (Å²) in [5.74, 6) is -2.70. The van der Waals surface area contributed by atoms with Crippen LogP contribution in [0.4, 0.5) is 0 Å². The Kier molecular flexibility index (Phi) is 20.2. The second-order valence-corrected chi connectivity index (χ2v) is 15.7. The number of likely N-dealkylation sites (N-methyl/N-ethyl adjacent to an activating group) is 2. The Hall–Kier alpha value is -3.83. The molecule has 17 nitrogen and oxygen atoms in total. The first-order valence-corrected chi connectivity index (χ1v) is 21.5. The molecule has 3 saturated heterocycles. The molecule has 17 heteroatoms. The zero-order valence-electron chi connectivity index (χ0n) is 35.7. The van der Waals surface area contributed by atoms with Crippen LogP contribution in [0.25, 0.3) is 0 Å². The van der Waals surface area contributed by atoms with Crippen molar-refractivity contribution in [3.05, 3.63) is 0 Å². The number of amidine groups is 1. The van der Waals surface area contributed by atoms with E-state index < -0.39 is 66.2 Å². The molecule has 3 heterocycles. The summed E-state index contributed by atoms with van der Waals surface area (Å²) in [6, 6.07) is -3.89. The lowest BCUT2D eigenvalue weighted by Gasteiger charge is -2.42. The number of hydrogen-bond donors (Lipinski definition) is 6. The van der Waals surface area contributed by atoms with Gasteiger partial charge < -0.3 is 47.0 Å². The SMILES string of the molecule is CC[C@@H]1NC(=O)CNC(=O)[C@H](CCCN=C(C)N)NC(=O)[C@@H]2CC[C@H]3C[C@@H](CNC(=O)CC[C@@H](C)N(CCN(CC)CC)CCN(CC)CC)[C@@H](NC1=O)C(=O)N32. The summed E-state index contributed by atoms with van der Waals surface area (Å²) in [7, 11) is 0. The molecule has 0 aromatic rings. The number of nitrogens with zero attached hydrogens (tertiary/aromatic N) is 5. The predicted molar refractivity (Wildman–Crippen MR) is 221 cm³/mol. The van der Waals surface area contributed by atoms with Crippen LogP contribution in [0, 0.1) is 5.92 Å². The van der Waals surface area contributed by atoms with E-state index in [1.807, 2.05) is 0 Å². The van der Waals surface area contributed by atoms with Crippen LogP contribution in [0.15, 0.2) is 4.99 Å². The van der Waals surface area contributed by atoms with E-state index in [2.05, 4.69) is 80.9 Å². The molecule has 0 unspecified atom stereocenters. The minimum Gasteiger partial charge on any atom is -0.388 e. The fourth-order valence-corrected chi connectivity index (χ4v) is 8.19. The van der Waals surface area contributed by atoms with Gasteiger partial charge in [-0.25, -0.2) is 0 Å². The molecule has 2 bridgehead atoms. The van der Waals surface area contributed by atoms with Crippen molar-refractivity contribution in [1.82, 2.24) is 46.2 Å². The maximum Gasteiger partial charge on any atom is 0.246 e. The van der Waals surface area contributed by atoms with Gasteiger partial charge in [-0.3, -0.25) is 38.7 Å². The van der Waals surface area contributed by atoms with Gasteiger partial charge in [0.25, 0.3) is 0 Å². The van der Waals surface area contributed by atoms with E-state index in [0.717, 1.165) is 52.4 Å². The minimum atomic E-state index is -1.03. The van der Waals surface area contributed by atoms with Crippen molar-refractivity contribution in [3.8, 4) is 0 Å². The molecule has 0 aliphatic carbocycles. The van der Waals surface area contributed by atoms with Gasteiger partial charge in [-0.2, -0.15) is 0 Å². The zero-order chi connectivity index (χ0) is 42.1. The Morgan fingerprint density at radius 3 is 2.12 bits per heavy atom. The lowest BCUT2D eigenvalue weighted by atomic mass is 9.85. The summed E-state index contributed by atoms with van der Waals surface area (Å²) in [5, 5.41) is 14.0. The van der Waals surface area contributed by atoms with E-state index in [1.165, 1.54) is 0 Å². The molecule has 3 aliphatic rings. The molecule has 0 saturated carbocycles. The molecule has 3 rings (SSSR count). The normalized spacial score (nSPS) is 25.5. The predicted octanol–water partition coefficient (Wildman–Crippen LogP) is -0.212. The lowest BCUT2D eigenvalue weighted by molar-refractivity contribution is -0.149. The van der Waals surface area contributed by atoms with Gasteiger partial charge in [-0.05, 0) is 85.0 Å². The van der Waals surface area contributed by atoms with Crippen molar-refractivity contribution in [1.29, 1.82) is 0 Å². The third-order valence-corrected chi connectivity index (χ3v) is 12.0. The fraction of sp³-hybridized carbons (Fsp3) is 0.825. The Morgan fingerprint density at radius 1 is 0.877 bits per heavy atom. The Morgan fingerprint density at radius 2 is 1.53 bits per heavy atom. The molecule has 7 N–H and O–H groups in total. The van der Waals surface area contributed by atoms with Crippen LogP contribution in [0.2, 0.25) is 0 Å². The van der Waals surface area contributed by atoms with Crippen molar-refractivity contribution >= 4 is 41.3 Å². The number of carbonyl (C=O) groups excluding carboxylic acids is 6.